The predicted molar refractivity (Wildman–Crippen MR) is 120 cm³/mol. The molecule has 2 amide bonds. The van der Waals surface area contributed by atoms with Gasteiger partial charge in [0.1, 0.15) is 12.6 Å². The summed E-state index contributed by atoms with van der Waals surface area (Å²) in [5.41, 5.74) is 0.444. The summed E-state index contributed by atoms with van der Waals surface area (Å²) < 4.78 is 25.7. The summed E-state index contributed by atoms with van der Waals surface area (Å²) in [4.78, 5) is 37.4. The molecule has 10 nitrogen and oxygen atoms in total. The van der Waals surface area contributed by atoms with Crippen LogP contribution in [0, 0.1) is 10.1 Å². The Balaban J connectivity index is 2.40. The van der Waals surface area contributed by atoms with Gasteiger partial charge in [0, 0.05) is 25.2 Å². The van der Waals surface area contributed by atoms with Gasteiger partial charge in [-0.05, 0) is 25.5 Å². The van der Waals surface area contributed by atoms with Crippen LogP contribution < -0.4 is 9.62 Å². The van der Waals surface area contributed by atoms with Gasteiger partial charge in [0.25, 0.3) is 5.69 Å². The predicted octanol–water partition coefficient (Wildman–Crippen LogP) is 1.91. The number of nitro benzene ring substituents is 1. The van der Waals surface area contributed by atoms with Gasteiger partial charge >= 0.3 is 0 Å². The van der Waals surface area contributed by atoms with Crippen LogP contribution >= 0.6 is 0 Å². The summed E-state index contributed by atoms with van der Waals surface area (Å²) >= 11 is 0. The molecule has 0 aliphatic carbocycles. The highest BCUT2D eigenvalue weighted by Gasteiger charge is 2.30. The van der Waals surface area contributed by atoms with Gasteiger partial charge in [-0.25, -0.2) is 8.42 Å². The fourth-order valence-corrected chi connectivity index (χ4v) is 3.90. The number of nitrogens with zero attached hydrogens (tertiary/aromatic N) is 3. The van der Waals surface area contributed by atoms with Crippen molar-refractivity contribution in [3.63, 3.8) is 0 Å². The largest absolute Gasteiger partial charge is 0.355 e. The normalized spacial score (nSPS) is 12.0. The molecule has 2 aromatic carbocycles. The van der Waals surface area contributed by atoms with Crippen LogP contribution in [0.5, 0.6) is 0 Å². The van der Waals surface area contributed by atoms with Crippen molar-refractivity contribution in [2.75, 3.05) is 23.7 Å². The number of carbonyl (C=O) groups excluding carboxylic acids is 2. The molecule has 32 heavy (non-hydrogen) atoms. The van der Waals surface area contributed by atoms with E-state index >= 15 is 0 Å². The van der Waals surface area contributed by atoms with E-state index in [9.17, 15) is 28.1 Å². The number of benzene rings is 2. The second-order valence-corrected chi connectivity index (χ2v) is 9.03. The van der Waals surface area contributed by atoms with E-state index in [1.807, 2.05) is 6.07 Å². The monoisotopic (exact) mass is 462 g/mol. The Morgan fingerprint density at radius 2 is 1.78 bits per heavy atom. The lowest BCUT2D eigenvalue weighted by Crippen LogP contribution is -2.51. The van der Waals surface area contributed by atoms with Crippen LogP contribution in [0.1, 0.15) is 19.4 Å². The van der Waals surface area contributed by atoms with E-state index in [-0.39, 0.29) is 23.8 Å². The molecule has 0 bridgehead atoms. The highest BCUT2D eigenvalue weighted by Crippen LogP contribution is 2.23. The van der Waals surface area contributed by atoms with Gasteiger partial charge in [-0.2, -0.15) is 0 Å². The third kappa shape index (κ3) is 6.51. The molecular weight excluding hydrogens is 436 g/mol. The van der Waals surface area contributed by atoms with Crippen LogP contribution in [0.4, 0.5) is 11.4 Å². The Morgan fingerprint density at radius 1 is 1.12 bits per heavy atom. The summed E-state index contributed by atoms with van der Waals surface area (Å²) in [7, 11) is -3.96. The first-order valence-corrected chi connectivity index (χ1v) is 11.7. The third-order valence-corrected chi connectivity index (χ3v) is 5.86. The molecule has 0 heterocycles. The molecule has 11 heteroatoms. The Hall–Kier alpha value is -3.47. The molecule has 0 aliphatic heterocycles. The topological polar surface area (TPSA) is 130 Å². The molecule has 0 radical (unpaired) electrons. The number of likely N-dealkylation sites (N-methyl/N-ethyl adjacent to an activating group) is 1. The standard InChI is InChI=1S/C21H26N4O6S/c1-4-22-21(27)16(2)23(14-17-9-6-5-7-10-17)20(26)15-24(32(3,30)31)18-11-8-12-19(13-18)25(28)29/h5-13,16H,4,14-15H2,1-3H3,(H,22,27)/t16-/m1/s1. The first-order chi connectivity index (χ1) is 15.0. The van der Waals surface area contributed by atoms with E-state index < -0.39 is 33.4 Å². The van der Waals surface area contributed by atoms with Crippen molar-refractivity contribution in [2.45, 2.75) is 26.4 Å². The van der Waals surface area contributed by atoms with Gasteiger partial charge in [0.2, 0.25) is 21.8 Å². The summed E-state index contributed by atoms with van der Waals surface area (Å²) in [6, 6.07) is 13.1. The quantitative estimate of drug-likeness (QED) is 0.424. The van der Waals surface area contributed by atoms with E-state index in [4.69, 9.17) is 0 Å². The van der Waals surface area contributed by atoms with Crippen LogP contribution in [-0.4, -0.2) is 55.4 Å². The van der Waals surface area contributed by atoms with Gasteiger partial charge < -0.3 is 10.2 Å². The first kappa shape index (κ1) is 24.8. The molecule has 0 saturated carbocycles. The molecule has 0 fully saturated rings. The summed E-state index contributed by atoms with van der Waals surface area (Å²) in [5, 5.41) is 13.8. The second-order valence-electron chi connectivity index (χ2n) is 7.12. The maximum atomic E-state index is 13.3. The van der Waals surface area contributed by atoms with Crippen molar-refractivity contribution in [1.29, 1.82) is 0 Å². The minimum atomic E-state index is -3.96. The zero-order chi connectivity index (χ0) is 23.9. The van der Waals surface area contributed by atoms with Gasteiger partial charge in [0.15, 0.2) is 0 Å². The molecule has 0 aromatic heterocycles. The van der Waals surface area contributed by atoms with Gasteiger partial charge in [-0.3, -0.25) is 24.0 Å². The van der Waals surface area contributed by atoms with Gasteiger partial charge in [-0.15, -0.1) is 0 Å². The molecule has 0 spiro atoms. The fraction of sp³-hybridized carbons (Fsp3) is 0.333. The van der Waals surface area contributed by atoms with E-state index in [1.54, 1.807) is 38.1 Å². The van der Waals surface area contributed by atoms with Crippen molar-refractivity contribution < 1.29 is 22.9 Å². The Morgan fingerprint density at radius 3 is 2.34 bits per heavy atom. The number of hydrogen-bond donors (Lipinski definition) is 1. The number of hydrogen-bond acceptors (Lipinski definition) is 6. The molecule has 0 saturated heterocycles. The molecule has 0 aliphatic rings. The Bertz CT molecular complexity index is 1070. The Labute approximate surface area is 187 Å². The van der Waals surface area contributed by atoms with Crippen LogP contribution in [0.2, 0.25) is 0 Å². The number of sulfonamides is 1. The molecule has 2 aromatic rings. The Kier molecular flexibility index (Phi) is 8.30. The molecular formula is C21H26N4O6S. The molecule has 2 rings (SSSR count). The molecule has 1 N–H and O–H groups in total. The smallest absolute Gasteiger partial charge is 0.271 e. The van der Waals surface area contributed by atoms with Crippen LogP contribution in [0.3, 0.4) is 0 Å². The van der Waals surface area contributed by atoms with Gasteiger partial charge in [0.05, 0.1) is 16.9 Å². The van der Waals surface area contributed by atoms with Crippen molar-refractivity contribution in [2.24, 2.45) is 0 Å². The highest BCUT2D eigenvalue weighted by atomic mass is 32.2. The van der Waals surface area contributed by atoms with E-state index in [0.717, 1.165) is 22.2 Å². The van der Waals surface area contributed by atoms with Crippen LogP contribution in [0.15, 0.2) is 54.6 Å². The molecule has 172 valence electrons. The van der Waals surface area contributed by atoms with Crippen molar-refractivity contribution in [1.82, 2.24) is 10.2 Å². The van der Waals surface area contributed by atoms with Gasteiger partial charge in [-0.1, -0.05) is 36.4 Å². The minimum absolute atomic E-state index is 0.0135. The third-order valence-electron chi connectivity index (χ3n) is 4.72. The highest BCUT2D eigenvalue weighted by molar-refractivity contribution is 7.92. The lowest BCUT2D eigenvalue weighted by molar-refractivity contribution is -0.384. The number of carbonyl (C=O) groups is 2. The molecule has 1 atom stereocenters. The van der Waals surface area contributed by atoms with Crippen molar-refractivity contribution in [3.8, 4) is 0 Å². The summed E-state index contributed by atoms with van der Waals surface area (Å²) in [6.45, 7) is 3.16. The van der Waals surface area contributed by atoms with E-state index in [1.165, 1.54) is 23.1 Å². The maximum absolute atomic E-state index is 13.3. The second kappa shape index (κ2) is 10.7. The zero-order valence-electron chi connectivity index (χ0n) is 18.1. The lowest BCUT2D eigenvalue weighted by Gasteiger charge is -2.31. The number of nitro groups is 1. The SMILES string of the molecule is CCNC(=O)[C@@H](C)N(Cc1ccccc1)C(=O)CN(c1cccc([N+](=O)[O-])c1)S(C)(=O)=O. The van der Waals surface area contributed by atoms with E-state index in [0.29, 0.717) is 6.54 Å². The molecule has 0 unspecified atom stereocenters. The average molecular weight is 463 g/mol. The summed E-state index contributed by atoms with van der Waals surface area (Å²) in [5.74, 6) is -0.998. The number of amides is 2. The number of rotatable bonds is 10. The first-order valence-electron chi connectivity index (χ1n) is 9.87. The number of nitrogens with one attached hydrogen (secondary N) is 1. The fourth-order valence-electron chi connectivity index (χ4n) is 3.06. The van der Waals surface area contributed by atoms with E-state index in [2.05, 4.69) is 5.32 Å². The zero-order valence-corrected chi connectivity index (χ0v) is 18.9. The van der Waals surface area contributed by atoms with Crippen molar-refractivity contribution >= 4 is 33.2 Å². The number of non-ortho nitro benzene ring substituents is 1. The average Bonchev–Trinajstić information content (AvgIpc) is 2.75. The lowest BCUT2D eigenvalue weighted by atomic mass is 10.1. The summed E-state index contributed by atoms with van der Waals surface area (Å²) in [6.07, 6.45) is 0.911. The van der Waals surface area contributed by atoms with Crippen LogP contribution in [0.25, 0.3) is 0 Å². The minimum Gasteiger partial charge on any atom is -0.355 e. The van der Waals surface area contributed by atoms with Crippen LogP contribution in [-0.2, 0) is 26.2 Å². The maximum Gasteiger partial charge on any atom is 0.271 e. The number of anilines is 1. The van der Waals surface area contributed by atoms with Crippen molar-refractivity contribution in [3.05, 3.63) is 70.3 Å².